The average molecular weight is 1210 g/mol. The molecule has 0 aliphatic carbocycles. The van der Waals surface area contributed by atoms with Gasteiger partial charge < -0.3 is 33.8 Å². The fraction of sp³-hybridized carbons (Fsp3) is 0.937. The summed E-state index contributed by atoms with van der Waals surface area (Å²) >= 11 is 0. The first-order valence-corrected chi connectivity index (χ1v) is 36.1. The van der Waals surface area contributed by atoms with E-state index in [1.54, 1.807) is 0 Å². The summed E-state index contributed by atoms with van der Waals surface area (Å²) in [5.74, 6) is -0.591. The smallest absolute Gasteiger partial charge is 0.462 e. The van der Waals surface area contributed by atoms with E-state index in [0.717, 1.165) is 108 Å². The minimum atomic E-state index is -4.94. The summed E-state index contributed by atoms with van der Waals surface area (Å²) in [5, 5.41) is 10.5. The van der Waals surface area contributed by atoms with E-state index < -0.39 is 97.5 Å². The van der Waals surface area contributed by atoms with Crippen LogP contribution >= 0.6 is 15.6 Å². The lowest BCUT2D eigenvalue weighted by Crippen LogP contribution is -2.30. The van der Waals surface area contributed by atoms with E-state index in [4.69, 9.17) is 37.0 Å². The molecule has 0 saturated heterocycles. The Balaban J connectivity index is 5.24. The maximum absolute atomic E-state index is 13.0. The lowest BCUT2D eigenvalue weighted by molar-refractivity contribution is -0.161. The number of hydrogen-bond donors (Lipinski definition) is 3. The Morgan fingerprint density at radius 1 is 0.341 bits per heavy atom. The van der Waals surface area contributed by atoms with Crippen LogP contribution in [0.4, 0.5) is 0 Å². The van der Waals surface area contributed by atoms with E-state index in [1.807, 2.05) is 0 Å². The second kappa shape index (κ2) is 55.6. The average Bonchev–Trinajstić information content (AvgIpc) is 3.47. The van der Waals surface area contributed by atoms with Gasteiger partial charge in [-0.3, -0.25) is 37.3 Å². The van der Waals surface area contributed by atoms with Crippen molar-refractivity contribution < 1.29 is 80.2 Å². The Morgan fingerprint density at radius 3 is 0.866 bits per heavy atom. The second-order valence-electron chi connectivity index (χ2n) is 23.3. The monoisotopic (exact) mass is 1210 g/mol. The first kappa shape index (κ1) is 80.1. The summed E-state index contributed by atoms with van der Waals surface area (Å²) in [5.41, 5.74) is 0. The number of rotatable bonds is 62. The Kier molecular flexibility index (Phi) is 54.3. The molecule has 0 spiro atoms. The van der Waals surface area contributed by atoms with Gasteiger partial charge >= 0.3 is 39.5 Å². The van der Waals surface area contributed by atoms with Crippen molar-refractivity contribution in [3.8, 4) is 0 Å². The molecular weight excluding hydrogens is 1090 g/mol. The van der Waals surface area contributed by atoms with Gasteiger partial charge in [-0.2, -0.15) is 0 Å². The molecule has 0 bridgehead atoms. The van der Waals surface area contributed by atoms with Crippen LogP contribution in [0, 0.1) is 11.8 Å². The van der Waals surface area contributed by atoms with Gasteiger partial charge in [-0.1, -0.05) is 260 Å². The van der Waals surface area contributed by atoms with Crippen molar-refractivity contribution in [2.24, 2.45) is 11.8 Å². The van der Waals surface area contributed by atoms with Gasteiger partial charge in [-0.05, 0) is 37.5 Å². The van der Waals surface area contributed by atoms with Crippen LogP contribution in [0.15, 0.2) is 0 Å². The molecule has 0 rings (SSSR count). The van der Waals surface area contributed by atoms with Gasteiger partial charge in [-0.15, -0.1) is 0 Å². The molecule has 19 heteroatoms. The Morgan fingerprint density at radius 2 is 0.585 bits per heavy atom. The molecule has 486 valence electrons. The van der Waals surface area contributed by atoms with Crippen LogP contribution in [-0.4, -0.2) is 96.7 Å². The normalized spacial score (nSPS) is 15.0. The molecule has 0 fully saturated rings. The third-order valence-corrected chi connectivity index (χ3v) is 17.1. The highest BCUT2D eigenvalue weighted by molar-refractivity contribution is 7.47. The highest BCUT2D eigenvalue weighted by Crippen LogP contribution is 2.45. The molecule has 0 amide bonds. The standard InChI is InChI=1S/C63H122O17P2/c1-7-11-13-15-17-19-20-29-35-41-47-62(67)79-58(51-73-60(65)45-39-33-27-18-16-14-12-8-2)53-77-81(69,70)75-49-57(64)50-76-82(71,72)78-54-59(80-63(68)48-42-36-30-24-22-26-32-38-44-56(6)10-4)52-74-61(66)46-40-34-28-23-21-25-31-37-43-55(5)9-3/h55-59,64H,7-54H2,1-6H3,(H,69,70)(H,71,72)/t55?,56?,57-,58+,59+/m0/s1. The molecule has 7 atom stereocenters. The first-order chi connectivity index (χ1) is 39.4. The predicted molar refractivity (Wildman–Crippen MR) is 326 cm³/mol. The lowest BCUT2D eigenvalue weighted by Gasteiger charge is -2.21. The van der Waals surface area contributed by atoms with Gasteiger partial charge in [-0.25, -0.2) is 9.13 Å². The molecule has 0 aromatic heterocycles. The molecule has 4 unspecified atom stereocenters. The summed E-state index contributed by atoms with van der Waals surface area (Å²) in [6, 6.07) is 0. The Bertz CT molecular complexity index is 1620. The topological polar surface area (TPSA) is 237 Å². The minimum Gasteiger partial charge on any atom is -0.462 e. The summed E-state index contributed by atoms with van der Waals surface area (Å²) < 4.78 is 67.9. The fourth-order valence-corrected chi connectivity index (χ4v) is 10.9. The van der Waals surface area contributed by atoms with E-state index in [1.165, 1.54) is 122 Å². The van der Waals surface area contributed by atoms with Crippen LogP contribution < -0.4 is 0 Å². The SMILES string of the molecule is CCCCCCCCCCCCC(=O)O[C@H](COC(=O)CCCCCCCCCC)COP(=O)(O)OC[C@H](O)COP(=O)(O)OC[C@@H](COC(=O)CCCCCCCCCCC(C)CC)OC(=O)CCCCCCCCCCC(C)CC. The summed E-state index contributed by atoms with van der Waals surface area (Å²) in [6.07, 6.45) is 37.4. The molecule has 82 heavy (non-hydrogen) atoms. The number of aliphatic hydroxyl groups is 1. The first-order valence-electron chi connectivity index (χ1n) is 33.1. The van der Waals surface area contributed by atoms with E-state index in [0.29, 0.717) is 25.7 Å². The van der Waals surface area contributed by atoms with Gasteiger partial charge in [0.1, 0.15) is 19.3 Å². The highest BCUT2D eigenvalue weighted by Gasteiger charge is 2.30. The van der Waals surface area contributed by atoms with Crippen molar-refractivity contribution in [2.75, 3.05) is 39.6 Å². The lowest BCUT2D eigenvalue weighted by atomic mass is 9.99. The summed E-state index contributed by atoms with van der Waals surface area (Å²) in [4.78, 5) is 72.1. The van der Waals surface area contributed by atoms with Crippen LogP contribution in [0.5, 0.6) is 0 Å². The van der Waals surface area contributed by atoms with Crippen molar-refractivity contribution in [3.63, 3.8) is 0 Å². The Labute approximate surface area is 498 Å². The molecular formula is C63H122O17P2. The zero-order chi connectivity index (χ0) is 60.8. The number of hydrogen-bond acceptors (Lipinski definition) is 15. The highest BCUT2D eigenvalue weighted by atomic mass is 31.2. The minimum absolute atomic E-state index is 0.104. The molecule has 17 nitrogen and oxygen atoms in total. The molecule has 0 aliphatic heterocycles. The third-order valence-electron chi connectivity index (χ3n) is 15.2. The van der Waals surface area contributed by atoms with Crippen molar-refractivity contribution >= 4 is 39.5 Å². The molecule has 0 radical (unpaired) electrons. The van der Waals surface area contributed by atoms with Crippen molar-refractivity contribution in [1.82, 2.24) is 0 Å². The maximum Gasteiger partial charge on any atom is 0.472 e. The van der Waals surface area contributed by atoms with Crippen molar-refractivity contribution in [1.29, 1.82) is 0 Å². The molecule has 0 aromatic rings. The quantitative estimate of drug-likeness (QED) is 0.0222. The number of unbranched alkanes of at least 4 members (excludes halogenated alkanes) is 30. The van der Waals surface area contributed by atoms with Gasteiger partial charge in [0.15, 0.2) is 12.2 Å². The van der Waals surface area contributed by atoms with Crippen LogP contribution in [0.3, 0.4) is 0 Å². The van der Waals surface area contributed by atoms with Crippen LogP contribution in [0.2, 0.25) is 0 Å². The molecule has 0 saturated carbocycles. The molecule has 3 N–H and O–H groups in total. The number of phosphoric acid groups is 2. The largest absolute Gasteiger partial charge is 0.472 e. The Hall–Kier alpha value is -1.94. The van der Waals surface area contributed by atoms with Crippen LogP contribution in [-0.2, 0) is 65.4 Å². The van der Waals surface area contributed by atoms with Gasteiger partial charge in [0.25, 0.3) is 0 Å². The van der Waals surface area contributed by atoms with Gasteiger partial charge in [0.2, 0.25) is 0 Å². The third kappa shape index (κ3) is 54.7. The maximum atomic E-state index is 13.0. The predicted octanol–water partition coefficient (Wildman–Crippen LogP) is 17.3. The number of aliphatic hydroxyl groups excluding tert-OH is 1. The van der Waals surface area contributed by atoms with Gasteiger partial charge in [0.05, 0.1) is 26.4 Å². The molecule has 0 heterocycles. The molecule has 0 aromatic carbocycles. The van der Waals surface area contributed by atoms with Crippen LogP contribution in [0.1, 0.15) is 311 Å². The second-order valence-corrected chi connectivity index (χ2v) is 26.2. The summed E-state index contributed by atoms with van der Waals surface area (Å²) in [6.45, 7) is 9.45. The zero-order valence-corrected chi connectivity index (χ0v) is 54.6. The number of carbonyl (C=O) groups is 4. The van der Waals surface area contributed by atoms with Crippen LogP contribution in [0.25, 0.3) is 0 Å². The number of esters is 4. The van der Waals surface area contributed by atoms with E-state index in [2.05, 4.69) is 41.5 Å². The van der Waals surface area contributed by atoms with Crippen molar-refractivity contribution in [3.05, 3.63) is 0 Å². The molecule has 0 aliphatic rings. The van der Waals surface area contributed by atoms with E-state index in [-0.39, 0.29) is 25.7 Å². The number of carbonyl (C=O) groups excluding carboxylic acids is 4. The van der Waals surface area contributed by atoms with Gasteiger partial charge in [0, 0.05) is 25.7 Å². The summed E-state index contributed by atoms with van der Waals surface area (Å²) in [7, 11) is -9.88. The zero-order valence-electron chi connectivity index (χ0n) is 52.8. The number of phosphoric ester groups is 2. The van der Waals surface area contributed by atoms with Crippen molar-refractivity contribution in [2.45, 2.75) is 330 Å². The number of ether oxygens (including phenoxy) is 4. The van der Waals surface area contributed by atoms with E-state index >= 15 is 0 Å². The van der Waals surface area contributed by atoms with E-state index in [9.17, 15) is 43.2 Å². The fourth-order valence-electron chi connectivity index (χ4n) is 9.29.